The van der Waals surface area contributed by atoms with Crippen molar-refractivity contribution in [1.29, 1.82) is 0 Å². The van der Waals surface area contributed by atoms with E-state index in [-0.39, 0.29) is 0 Å². The molecule has 0 unspecified atom stereocenters. The topological polar surface area (TPSA) is 60.6 Å². The highest BCUT2D eigenvalue weighted by molar-refractivity contribution is 7.11. The Bertz CT molecular complexity index is 800. The van der Waals surface area contributed by atoms with Gasteiger partial charge in [-0.2, -0.15) is 5.10 Å². The summed E-state index contributed by atoms with van der Waals surface area (Å²) in [6.45, 7) is 7.95. The van der Waals surface area contributed by atoms with E-state index in [4.69, 9.17) is 5.10 Å². The van der Waals surface area contributed by atoms with Gasteiger partial charge in [0.15, 0.2) is 5.82 Å². The summed E-state index contributed by atoms with van der Waals surface area (Å²) < 4.78 is 4.29. The molecule has 7 heteroatoms. The number of aryl methyl sites for hydroxylation is 4. The molecule has 1 N–H and O–H groups in total. The van der Waals surface area contributed by atoms with Crippen LogP contribution < -0.4 is 5.32 Å². The number of thiazole rings is 1. The van der Waals surface area contributed by atoms with Crippen LogP contribution in [-0.4, -0.2) is 30.9 Å². The molecule has 0 aromatic carbocycles. The zero-order valence-electron chi connectivity index (χ0n) is 14.1. The van der Waals surface area contributed by atoms with E-state index >= 15 is 0 Å². The Morgan fingerprint density at radius 3 is 3.04 bits per heavy atom. The van der Waals surface area contributed by atoms with Crippen molar-refractivity contribution in [1.82, 2.24) is 29.6 Å². The van der Waals surface area contributed by atoms with Crippen LogP contribution in [0.25, 0.3) is 11.5 Å². The number of hydrogen-bond acceptors (Lipinski definition) is 5. The molecule has 24 heavy (non-hydrogen) atoms. The monoisotopic (exact) mass is 342 g/mol. The molecule has 0 amide bonds. The predicted molar refractivity (Wildman–Crippen MR) is 95.1 cm³/mol. The quantitative estimate of drug-likeness (QED) is 0.774. The van der Waals surface area contributed by atoms with Gasteiger partial charge in [-0.3, -0.25) is 4.68 Å². The van der Waals surface area contributed by atoms with Crippen molar-refractivity contribution in [3.05, 3.63) is 39.7 Å². The maximum atomic E-state index is 4.72. The molecule has 0 fully saturated rings. The molecule has 0 atom stereocenters. The molecule has 0 aliphatic carbocycles. The molecule has 6 nitrogen and oxygen atoms in total. The maximum absolute atomic E-state index is 4.72. The van der Waals surface area contributed by atoms with Crippen LogP contribution in [0.15, 0.2) is 18.5 Å². The van der Waals surface area contributed by atoms with E-state index in [9.17, 15) is 0 Å². The third-order valence-electron chi connectivity index (χ3n) is 4.48. The molecular formula is C17H22N6S. The number of nitrogens with zero attached hydrogens (tertiary/aromatic N) is 5. The fourth-order valence-corrected chi connectivity index (χ4v) is 4.05. The van der Waals surface area contributed by atoms with Crippen molar-refractivity contribution in [3.8, 4) is 11.5 Å². The van der Waals surface area contributed by atoms with Gasteiger partial charge in [-0.15, -0.1) is 11.3 Å². The lowest BCUT2D eigenvalue weighted by atomic mass is 10.3. The summed E-state index contributed by atoms with van der Waals surface area (Å²) in [5, 5.41) is 9.33. The van der Waals surface area contributed by atoms with E-state index in [0.29, 0.717) is 0 Å². The average molecular weight is 342 g/mol. The Balaban J connectivity index is 1.45. The number of imidazole rings is 1. The van der Waals surface area contributed by atoms with Gasteiger partial charge >= 0.3 is 0 Å². The van der Waals surface area contributed by atoms with E-state index in [1.807, 2.05) is 23.7 Å². The van der Waals surface area contributed by atoms with Crippen LogP contribution in [0.4, 0.5) is 0 Å². The third kappa shape index (κ3) is 3.01. The predicted octanol–water partition coefficient (Wildman–Crippen LogP) is 2.56. The van der Waals surface area contributed by atoms with Crippen molar-refractivity contribution < 1.29 is 0 Å². The minimum Gasteiger partial charge on any atom is -0.330 e. The number of hydrogen-bond donors (Lipinski definition) is 1. The van der Waals surface area contributed by atoms with E-state index in [0.717, 1.165) is 56.2 Å². The van der Waals surface area contributed by atoms with Crippen LogP contribution in [0.1, 0.15) is 27.7 Å². The Labute approximate surface area is 145 Å². The Morgan fingerprint density at radius 2 is 2.25 bits per heavy atom. The molecule has 4 heterocycles. The molecule has 1 aliphatic rings. The highest BCUT2D eigenvalue weighted by Crippen LogP contribution is 2.21. The van der Waals surface area contributed by atoms with Gasteiger partial charge in [-0.25, -0.2) is 9.97 Å². The largest absolute Gasteiger partial charge is 0.330 e. The van der Waals surface area contributed by atoms with Crippen LogP contribution in [0, 0.1) is 13.8 Å². The minimum absolute atomic E-state index is 0.885. The van der Waals surface area contributed by atoms with Crippen molar-refractivity contribution in [2.75, 3.05) is 6.54 Å². The first-order valence-corrected chi connectivity index (χ1v) is 9.24. The number of fused-ring (bicyclic) bond motifs is 1. The van der Waals surface area contributed by atoms with Crippen LogP contribution in [0.5, 0.6) is 0 Å². The second kappa shape index (κ2) is 6.49. The minimum atomic E-state index is 0.885. The SMILES string of the molecule is Cc1nc(CCCn2ccnc2-c2cc3n(n2)CCNC3)sc1C. The molecule has 126 valence electrons. The van der Waals surface area contributed by atoms with Gasteiger partial charge in [0.25, 0.3) is 0 Å². The van der Waals surface area contributed by atoms with Gasteiger partial charge in [0.1, 0.15) is 5.69 Å². The second-order valence-electron chi connectivity index (χ2n) is 6.22. The standard InChI is InChI=1S/C17H22N6S/c1-12-13(2)24-16(20-12)4-3-7-22-8-6-19-17(22)15-10-14-11-18-5-9-23(14)21-15/h6,8,10,18H,3-5,7,9,11H2,1-2H3. The van der Waals surface area contributed by atoms with Crippen molar-refractivity contribution in [2.24, 2.45) is 0 Å². The summed E-state index contributed by atoms with van der Waals surface area (Å²) >= 11 is 1.81. The number of rotatable bonds is 5. The molecule has 0 bridgehead atoms. The molecule has 0 radical (unpaired) electrons. The van der Waals surface area contributed by atoms with Crippen LogP contribution >= 0.6 is 11.3 Å². The maximum Gasteiger partial charge on any atom is 0.160 e. The van der Waals surface area contributed by atoms with Crippen molar-refractivity contribution in [3.63, 3.8) is 0 Å². The van der Waals surface area contributed by atoms with Crippen LogP contribution in [-0.2, 0) is 26.1 Å². The summed E-state index contributed by atoms with van der Waals surface area (Å²) in [5.74, 6) is 0.961. The van der Waals surface area contributed by atoms with E-state index in [1.165, 1.54) is 15.6 Å². The first-order valence-electron chi connectivity index (χ1n) is 8.42. The van der Waals surface area contributed by atoms with E-state index in [2.05, 4.69) is 44.4 Å². The zero-order chi connectivity index (χ0) is 16.5. The lowest BCUT2D eigenvalue weighted by molar-refractivity contribution is 0.476. The van der Waals surface area contributed by atoms with Gasteiger partial charge in [0.2, 0.25) is 0 Å². The van der Waals surface area contributed by atoms with E-state index in [1.54, 1.807) is 0 Å². The van der Waals surface area contributed by atoms with Gasteiger partial charge in [-0.1, -0.05) is 0 Å². The van der Waals surface area contributed by atoms with Gasteiger partial charge < -0.3 is 9.88 Å². The molecule has 0 saturated heterocycles. The fraction of sp³-hybridized carbons (Fsp3) is 0.471. The van der Waals surface area contributed by atoms with Gasteiger partial charge in [0, 0.05) is 43.3 Å². The summed E-state index contributed by atoms with van der Waals surface area (Å²) in [5.41, 5.74) is 3.37. The first kappa shape index (κ1) is 15.5. The molecule has 1 aliphatic heterocycles. The molecular weight excluding hydrogens is 320 g/mol. The molecule has 4 rings (SSSR count). The van der Waals surface area contributed by atoms with Crippen molar-refractivity contribution >= 4 is 11.3 Å². The zero-order valence-corrected chi connectivity index (χ0v) is 14.9. The Hall–Kier alpha value is -1.99. The molecule has 0 saturated carbocycles. The summed E-state index contributed by atoms with van der Waals surface area (Å²) in [6.07, 6.45) is 5.99. The summed E-state index contributed by atoms with van der Waals surface area (Å²) in [7, 11) is 0. The second-order valence-corrected chi connectivity index (χ2v) is 7.51. The molecule has 3 aromatic rings. The van der Waals surface area contributed by atoms with Crippen LogP contribution in [0.3, 0.4) is 0 Å². The third-order valence-corrected chi connectivity index (χ3v) is 5.61. The Kier molecular flexibility index (Phi) is 4.20. The normalized spacial score (nSPS) is 14.1. The average Bonchev–Trinajstić information content (AvgIpc) is 3.26. The lowest BCUT2D eigenvalue weighted by Gasteiger charge is -2.13. The number of nitrogens with one attached hydrogen (secondary N) is 1. The van der Waals surface area contributed by atoms with E-state index < -0.39 is 0 Å². The van der Waals surface area contributed by atoms with Gasteiger partial charge in [-0.05, 0) is 26.3 Å². The molecule has 3 aromatic heterocycles. The highest BCUT2D eigenvalue weighted by Gasteiger charge is 2.16. The molecule has 0 spiro atoms. The lowest BCUT2D eigenvalue weighted by Crippen LogP contribution is -2.28. The number of aromatic nitrogens is 5. The highest BCUT2D eigenvalue weighted by atomic mass is 32.1. The van der Waals surface area contributed by atoms with Gasteiger partial charge in [0.05, 0.1) is 22.9 Å². The fourth-order valence-electron chi connectivity index (χ4n) is 3.07. The Morgan fingerprint density at radius 1 is 1.33 bits per heavy atom. The first-order chi connectivity index (χ1) is 11.7. The summed E-state index contributed by atoms with van der Waals surface area (Å²) in [6, 6.07) is 2.15. The smallest absolute Gasteiger partial charge is 0.160 e. The van der Waals surface area contributed by atoms with Crippen molar-refractivity contribution in [2.45, 2.75) is 46.3 Å². The summed E-state index contributed by atoms with van der Waals surface area (Å²) in [4.78, 5) is 10.5. The van der Waals surface area contributed by atoms with Crippen LogP contribution in [0.2, 0.25) is 0 Å².